The summed E-state index contributed by atoms with van der Waals surface area (Å²) in [6, 6.07) is 3.12. The van der Waals surface area contributed by atoms with Gasteiger partial charge in [0.2, 0.25) is 10.0 Å². The zero-order chi connectivity index (χ0) is 15.6. The zero-order valence-electron chi connectivity index (χ0n) is 11.2. The Morgan fingerprint density at radius 2 is 2.24 bits per heavy atom. The summed E-state index contributed by atoms with van der Waals surface area (Å²) in [5.74, 6) is -0.521. The molecule has 1 aromatic carbocycles. The second kappa shape index (κ2) is 6.29. The van der Waals surface area contributed by atoms with Gasteiger partial charge in [0.25, 0.3) is 0 Å². The molecule has 0 aromatic heterocycles. The maximum Gasteiger partial charge on any atom is 0.407 e. The van der Waals surface area contributed by atoms with Crippen molar-refractivity contribution in [3.8, 4) is 0 Å². The number of amides is 1. The molecular weight excluding hydrogens is 367 g/mol. The predicted molar refractivity (Wildman–Crippen MR) is 76.8 cm³/mol. The SMILES string of the molecule is COC(=O)NC1CCN(S(=O)(=O)c2ccc(F)cc2Br)C1. The predicted octanol–water partition coefficient (Wildman–Crippen LogP) is 1.71. The number of sulfonamides is 1. The third kappa shape index (κ3) is 3.53. The highest BCUT2D eigenvalue weighted by molar-refractivity contribution is 9.10. The lowest BCUT2D eigenvalue weighted by Crippen LogP contribution is -2.38. The largest absolute Gasteiger partial charge is 0.453 e. The molecule has 0 saturated carbocycles. The van der Waals surface area contributed by atoms with Crippen molar-refractivity contribution in [2.75, 3.05) is 20.2 Å². The number of nitrogens with one attached hydrogen (secondary N) is 1. The van der Waals surface area contributed by atoms with Crippen molar-refractivity contribution in [3.63, 3.8) is 0 Å². The van der Waals surface area contributed by atoms with Crippen LogP contribution < -0.4 is 5.32 Å². The van der Waals surface area contributed by atoms with Crippen molar-refractivity contribution >= 4 is 32.0 Å². The molecule has 1 atom stereocenters. The summed E-state index contributed by atoms with van der Waals surface area (Å²) in [7, 11) is -2.49. The molecule has 0 radical (unpaired) electrons. The highest BCUT2D eigenvalue weighted by Gasteiger charge is 2.34. The summed E-state index contributed by atoms with van der Waals surface area (Å²) in [5, 5.41) is 2.57. The van der Waals surface area contributed by atoms with Gasteiger partial charge in [-0.2, -0.15) is 4.31 Å². The summed E-state index contributed by atoms with van der Waals surface area (Å²) in [6.07, 6.45) is -0.102. The molecule has 1 aliphatic heterocycles. The quantitative estimate of drug-likeness (QED) is 0.865. The first-order valence-corrected chi connectivity index (χ1v) is 8.37. The van der Waals surface area contributed by atoms with Crippen LogP contribution in [0.2, 0.25) is 0 Å². The molecule has 0 bridgehead atoms. The molecule has 1 N–H and O–H groups in total. The molecule has 1 amide bonds. The Kier molecular flexibility index (Phi) is 4.84. The molecule has 0 aliphatic carbocycles. The molecule has 1 fully saturated rings. The number of nitrogens with zero attached hydrogens (tertiary/aromatic N) is 1. The summed E-state index contributed by atoms with van der Waals surface area (Å²) in [5.41, 5.74) is 0. The van der Waals surface area contributed by atoms with Gasteiger partial charge in [-0.15, -0.1) is 0 Å². The van der Waals surface area contributed by atoms with Crippen LogP contribution >= 0.6 is 15.9 Å². The van der Waals surface area contributed by atoms with Gasteiger partial charge < -0.3 is 10.1 Å². The van der Waals surface area contributed by atoms with E-state index in [9.17, 15) is 17.6 Å². The lowest BCUT2D eigenvalue weighted by molar-refractivity contribution is 0.167. The van der Waals surface area contributed by atoms with E-state index >= 15 is 0 Å². The van der Waals surface area contributed by atoms with Crippen molar-refractivity contribution in [1.82, 2.24) is 9.62 Å². The molecule has 0 spiro atoms. The zero-order valence-corrected chi connectivity index (χ0v) is 13.6. The Balaban J connectivity index is 2.16. The number of alkyl carbamates (subject to hydrolysis) is 1. The molecule has 1 aromatic rings. The van der Waals surface area contributed by atoms with Crippen molar-refractivity contribution in [2.45, 2.75) is 17.4 Å². The molecule has 1 saturated heterocycles. The van der Waals surface area contributed by atoms with Crippen molar-refractivity contribution in [1.29, 1.82) is 0 Å². The minimum absolute atomic E-state index is 0.00242. The highest BCUT2D eigenvalue weighted by atomic mass is 79.9. The average Bonchev–Trinajstić information content (AvgIpc) is 2.87. The summed E-state index contributed by atoms with van der Waals surface area (Å²) in [4.78, 5) is 11.1. The Morgan fingerprint density at radius 1 is 1.52 bits per heavy atom. The van der Waals surface area contributed by atoms with Gasteiger partial charge >= 0.3 is 6.09 Å². The van der Waals surface area contributed by atoms with Crippen LogP contribution in [0.25, 0.3) is 0 Å². The van der Waals surface area contributed by atoms with Crippen molar-refractivity contribution in [2.24, 2.45) is 0 Å². The van der Waals surface area contributed by atoms with Crippen LogP contribution in [-0.4, -0.2) is 45.1 Å². The third-order valence-electron chi connectivity index (χ3n) is 3.17. The Hall–Kier alpha value is -1.19. The number of hydrogen-bond acceptors (Lipinski definition) is 4. The number of carbonyl (C=O) groups excluding carboxylic acids is 1. The molecule has 1 heterocycles. The van der Waals surface area contributed by atoms with E-state index in [1.807, 2.05) is 0 Å². The van der Waals surface area contributed by atoms with E-state index in [1.165, 1.54) is 17.5 Å². The molecule has 116 valence electrons. The number of carbonyl (C=O) groups is 1. The van der Waals surface area contributed by atoms with Crippen LogP contribution in [0.15, 0.2) is 27.6 Å². The first-order chi connectivity index (χ1) is 9.84. The molecule has 6 nitrogen and oxygen atoms in total. The minimum Gasteiger partial charge on any atom is -0.453 e. The monoisotopic (exact) mass is 380 g/mol. The normalized spacial score (nSPS) is 19.5. The van der Waals surface area contributed by atoms with Crippen LogP contribution in [-0.2, 0) is 14.8 Å². The minimum atomic E-state index is -3.73. The average molecular weight is 381 g/mol. The van der Waals surface area contributed by atoms with Gasteiger partial charge in [-0.1, -0.05) is 0 Å². The molecule has 1 unspecified atom stereocenters. The van der Waals surface area contributed by atoms with Gasteiger partial charge in [-0.3, -0.25) is 0 Å². The fourth-order valence-electron chi connectivity index (χ4n) is 2.11. The molecule has 9 heteroatoms. The first-order valence-electron chi connectivity index (χ1n) is 6.14. The van der Waals surface area contributed by atoms with Crippen LogP contribution in [0.3, 0.4) is 0 Å². The maximum absolute atomic E-state index is 13.1. The number of halogens is 2. The molecule has 1 aliphatic rings. The number of benzene rings is 1. The fraction of sp³-hybridized carbons (Fsp3) is 0.417. The highest BCUT2D eigenvalue weighted by Crippen LogP contribution is 2.28. The van der Waals surface area contributed by atoms with Crippen molar-refractivity contribution in [3.05, 3.63) is 28.5 Å². The molecular formula is C12H14BrFN2O4S. The number of rotatable bonds is 3. The van der Waals surface area contributed by atoms with E-state index in [1.54, 1.807) is 0 Å². The Morgan fingerprint density at radius 3 is 2.86 bits per heavy atom. The fourth-order valence-corrected chi connectivity index (χ4v) is 4.62. The van der Waals surface area contributed by atoms with Gasteiger partial charge in [0.15, 0.2) is 0 Å². The van der Waals surface area contributed by atoms with E-state index in [-0.39, 0.29) is 28.5 Å². The van der Waals surface area contributed by atoms with Gasteiger partial charge in [0.1, 0.15) is 5.82 Å². The smallest absolute Gasteiger partial charge is 0.407 e. The van der Waals surface area contributed by atoms with Crippen LogP contribution in [0.1, 0.15) is 6.42 Å². The third-order valence-corrected chi connectivity index (χ3v) is 6.01. The van der Waals surface area contributed by atoms with E-state index in [0.717, 1.165) is 12.1 Å². The van der Waals surface area contributed by atoms with Crippen LogP contribution in [0.5, 0.6) is 0 Å². The number of methoxy groups -OCH3 is 1. The van der Waals surface area contributed by atoms with E-state index in [0.29, 0.717) is 6.42 Å². The molecule has 21 heavy (non-hydrogen) atoms. The van der Waals surface area contributed by atoms with Gasteiger partial charge in [0, 0.05) is 23.6 Å². The maximum atomic E-state index is 13.1. The Bertz CT molecular complexity index is 653. The van der Waals surface area contributed by atoms with E-state index < -0.39 is 21.9 Å². The second-order valence-corrected chi connectivity index (χ2v) is 7.32. The Labute approximate surface area is 130 Å². The van der Waals surface area contributed by atoms with Gasteiger partial charge in [0.05, 0.1) is 12.0 Å². The number of hydrogen-bond donors (Lipinski definition) is 1. The van der Waals surface area contributed by atoms with Crippen LogP contribution in [0, 0.1) is 5.82 Å². The lowest BCUT2D eigenvalue weighted by Gasteiger charge is -2.17. The summed E-state index contributed by atoms with van der Waals surface area (Å²) >= 11 is 3.06. The van der Waals surface area contributed by atoms with Crippen LogP contribution in [0.4, 0.5) is 9.18 Å². The van der Waals surface area contributed by atoms with E-state index in [4.69, 9.17) is 0 Å². The first kappa shape index (κ1) is 16.2. The second-order valence-electron chi connectivity index (χ2n) is 4.56. The summed E-state index contributed by atoms with van der Waals surface area (Å²) < 4.78 is 44.0. The van der Waals surface area contributed by atoms with E-state index in [2.05, 4.69) is 26.0 Å². The van der Waals surface area contributed by atoms with Gasteiger partial charge in [-0.05, 0) is 40.5 Å². The van der Waals surface area contributed by atoms with Gasteiger partial charge in [-0.25, -0.2) is 17.6 Å². The number of ether oxygens (including phenoxy) is 1. The summed E-state index contributed by atoms with van der Waals surface area (Å²) in [6.45, 7) is 0.433. The van der Waals surface area contributed by atoms with Crippen molar-refractivity contribution < 1.29 is 22.3 Å². The lowest BCUT2D eigenvalue weighted by atomic mass is 10.3. The standard InChI is InChI=1S/C12H14BrFN2O4S/c1-20-12(17)15-9-4-5-16(7-9)21(18,19)11-3-2-8(14)6-10(11)13/h2-3,6,9H,4-5,7H2,1H3,(H,15,17). The molecule has 2 rings (SSSR count). The topological polar surface area (TPSA) is 75.7 Å².